The Bertz CT molecular complexity index is 731. The van der Waals surface area contributed by atoms with Gasteiger partial charge in [0.15, 0.2) is 0 Å². The number of unbranched alkanes of at least 4 members (excludes halogenated alkanes) is 2. The van der Waals surface area contributed by atoms with Crippen molar-refractivity contribution in [1.29, 1.82) is 0 Å². The van der Waals surface area contributed by atoms with E-state index in [-0.39, 0.29) is 51.0 Å². The van der Waals surface area contributed by atoms with Gasteiger partial charge in [0.25, 0.3) is 0 Å². The van der Waals surface area contributed by atoms with Gasteiger partial charge in [-0.05, 0) is 25.7 Å². The number of carbonyl (C=O) groups excluding carboxylic acids is 2. The van der Waals surface area contributed by atoms with Crippen molar-refractivity contribution in [3.05, 3.63) is 0 Å². The van der Waals surface area contributed by atoms with Crippen LogP contribution in [0.1, 0.15) is 38.5 Å². The first-order valence-electron chi connectivity index (χ1n) is 11.2. The molecule has 35 heavy (non-hydrogen) atoms. The number of carbonyl (C=O) groups is 2. The van der Waals surface area contributed by atoms with Crippen LogP contribution in [0.15, 0.2) is 0 Å². The Morgan fingerprint density at radius 2 is 1.03 bits per heavy atom. The standard InChI is InChI=1S/C19H41N2O11P3/c1-27-33(4,24)30-13-9-7-11-18(22)20-15-17(32-35(6,26)29-3)16-21-19(23)12-8-10-14-31-34(5,25)28-2/h17H,7-16H2,1-6H3,(H,20,22)(H,21,23). The normalized spacial score (nSPS) is 17.5. The van der Waals surface area contributed by atoms with Gasteiger partial charge in [0, 0.05) is 67.3 Å². The van der Waals surface area contributed by atoms with Crippen LogP contribution in [0.5, 0.6) is 0 Å². The number of nitrogens with one attached hydrogen (secondary N) is 2. The van der Waals surface area contributed by atoms with Crippen LogP contribution >= 0.6 is 22.8 Å². The molecule has 0 rings (SSSR count). The van der Waals surface area contributed by atoms with Crippen molar-refractivity contribution in [3.63, 3.8) is 0 Å². The van der Waals surface area contributed by atoms with E-state index in [9.17, 15) is 23.3 Å². The summed E-state index contributed by atoms with van der Waals surface area (Å²) in [6, 6.07) is 0. The molecule has 2 amide bonds. The van der Waals surface area contributed by atoms with Crippen LogP contribution in [0, 0.1) is 0 Å². The molecule has 0 spiro atoms. The van der Waals surface area contributed by atoms with E-state index in [0.717, 1.165) is 0 Å². The minimum Gasteiger partial charge on any atom is -0.353 e. The van der Waals surface area contributed by atoms with Crippen LogP contribution in [0.25, 0.3) is 0 Å². The lowest BCUT2D eigenvalue weighted by Crippen LogP contribution is -2.41. The van der Waals surface area contributed by atoms with E-state index in [0.29, 0.717) is 25.7 Å². The molecule has 13 nitrogen and oxygen atoms in total. The molecule has 0 aliphatic carbocycles. The van der Waals surface area contributed by atoms with Gasteiger partial charge in [0.2, 0.25) is 11.8 Å². The second-order valence-electron chi connectivity index (χ2n) is 7.78. The molecule has 0 aromatic carbocycles. The molecule has 0 aliphatic rings. The van der Waals surface area contributed by atoms with Crippen molar-refractivity contribution in [3.8, 4) is 0 Å². The van der Waals surface area contributed by atoms with Gasteiger partial charge < -0.3 is 37.8 Å². The molecule has 0 bridgehead atoms. The van der Waals surface area contributed by atoms with E-state index >= 15 is 0 Å². The lowest BCUT2D eigenvalue weighted by atomic mass is 10.2. The zero-order chi connectivity index (χ0) is 27.0. The largest absolute Gasteiger partial charge is 0.353 e. The van der Waals surface area contributed by atoms with Crippen LogP contribution in [-0.2, 0) is 50.4 Å². The second kappa shape index (κ2) is 17.8. The van der Waals surface area contributed by atoms with Gasteiger partial charge in [-0.1, -0.05) is 0 Å². The van der Waals surface area contributed by atoms with E-state index in [1.54, 1.807) is 0 Å². The first kappa shape index (κ1) is 34.4. The maximum absolute atomic E-state index is 12.2. The predicted octanol–water partition coefficient (Wildman–Crippen LogP) is 3.39. The molecule has 0 saturated carbocycles. The summed E-state index contributed by atoms with van der Waals surface area (Å²) in [6.45, 7) is 4.47. The zero-order valence-electron chi connectivity index (χ0n) is 21.5. The number of hydrogen-bond donors (Lipinski definition) is 2. The summed E-state index contributed by atoms with van der Waals surface area (Å²) in [5.41, 5.74) is 0. The summed E-state index contributed by atoms with van der Waals surface area (Å²) < 4.78 is 65.4. The van der Waals surface area contributed by atoms with Gasteiger partial charge in [0.05, 0.1) is 13.2 Å². The summed E-state index contributed by atoms with van der Waals surface area (Å²) in [5.74, 6) is -0.520. The Morgan fingerprint density at radius 3 is 1.37 bits per heavy atom. The Kier molecular flexibility index (Phi) is 17.5. The smallest absolute Gasteiger partial charge is 0.327 e. The summed E-state index contributed by atoms with van der Waals surface area (Å²) in [7, 11) is -5.57. The molecule has 0 heterocycles. The first-order chi connectivity index (χ1) is 16.3. The highest BCUT2D eigenvalue weighted by atomic mass is 31.2. The SMILES string of the molecule is COP(C)(=O)OCCCCC(=O)NCC(CNC(=O)CCCCOP(C)(=O)OC)OP(C)(=O)OC. The van der Waals surface area contributed by atoms with Crippen molar-refractivity contribution < 1.29 is 50.4 Å². The van der Waals surface area contributed by atoms with E-state index < -0.39 is 28.9 Å². The molecule has 0 radical (unpaired) electrons. The highest BCUT2D eigenvalue weighted by Gasteiger charge is 2.23. The molecule has 0 aromatic heterocycles. The number of hydrogen-bond acceptors (Lipinski definition) is 11. The summed E-state index contributed by atoms with van der Waals surface area (Å²) in [6.07, 6.45) is 1.68. The zero-order valence-corrected chi connectivity index (χ0v) is 24.2. The molecule has 0 fully saturated rings. The minimum atomic E-state index is -3.36. The van der Waals surface area contributed by atoms with Crippen LogP contribution in [0.4, 0.5) is 0 Å². The van der Waals surface area contributed by atoms with Gasteiger partial charge in [-0.3, -0.25) is 23.3 Å². The fraction of sp³-hybridized carbons (Fsp3) is 0.895. The molecule has 2 N–H and O–H groups in total. The van der Waals surface area contributed by atoms with Crippen molar-refractivity contribution in [1.82, 2.24) is 10.6 Å². The molecule has 0 saturated heterocycles. The quantitative estimate of drug-likeness (QED) is 0.155. The van der Waals surface area contributed by atoms with Gasteiger partial charge >= 0.3 is 22.8 Å². The first-order valence-corrected chi connectivity index (χ1v) is 17.1. The summed E-state index contributed by atoms with van der Waals surface area (Å²) >= 11 is 0. The lowest BCUT2D eigenvalue weighted by Gasteiger charge is -2.22. The van der Waals surface area contributed by atoms with Crippen molar-refractivity contribution in [2.75, 3.05) is 67.6 Å². The molecule has 208 valence electrons. The minimum absolute atomic E-state index is 0.0152. The third-order valence-corrected chi connectivity index (χ3v) is 8.61. The number of amides is 2. The van der Waals surface area contributed by atoms with Crippen LogP contribution < -0.4 is 10.6 Å². The molecule has 0 aromatic rings. The number of rotatable bonds is 21. The van der Waals surface area contributed by atoms with Crippen molar-refractivity contribution in [2.45, 2.75) is 44.6 Å². The highest BCUT2D eigenvalue weighted by Crippen LogP contribution is 2.44. The molecule has 3 atom stereocenters. The second-order valence-corrected chi connectivity index (χ2v) is 14.2. The lowest BCUT2D eigenvalue weighted by molar-refractivity contribution is -0.121. The van der Waals surface area contributed by atoms with Crippen LogP contribution in [0.2, 0.25) is 0 Å². The third-order valence-electron chi connectivity index (χ3n) is 4.64. The highest BCUT2D eigenvalue weighted by molar-refractivity contribution is 7.53. The van der Waals surface area contributed by atoms with E-state index in [2.05, 4.69) is 10.6 Å². The van der Waals surface area contributed by atoms with Gasteiger partial charge in [-0.2, -0.15) is 0 Å². The fourth-order valence-electron chi connectivity index (χ4n) is 2.43. The van der Waals surface area contributed by atoms with Crippen molar-refractivity contribution in [2.24, 2.45) is 0 Å². The maximum atomic E-state index is 12.2. The monoisotopic (exact) mass is 566 g/mol. The Morgan fingerprint density at radius 1 is 0.657 bits per heavy atom. The van der Waals surface area contributed by atoms with E-state index in [1.807, 2.05) is 0 Å². The average Bonchev–Trinajstić information content (AvgIpc) is 2.80. The molecular formula is C19H41N2O11P3. The van der Waals surface area contributed by atoms with E-state index in [1.165, 1.54) is 41.3 Å². The fourth-order valence-corrected chi connectivity index (χ4v) is 4.34. The van der Waals surface area contributed by atoms with Gasteiger partial charge in [-0.25, -0.2) is 0 Å². The summed E-state index contributed by atoms with van der Waals surface area (Å²) in [5, 5.41) is 5.37. The third kappa shape index (κ3) is 19.2. The Labute approximate surface area is 208 Å². The Balaban J connectivity index is 4.39. The predicted molar refractivity (Wildman–Crippen MR) is 132 cm³/mol. The molecule has 0 aliphatic heterocycles. The van der Waals surface area contributed by atoms with Crippen LogP contribution in [0.3, 0.4) is 0 Å². The topological polar surface area (TPSA) is 165 Å². The Hall–Kier alpha value is -0.610. The van der Waals surface area contributed by atoms with Gasteiger partial charge in [0.1, 0.15) is 6.10 Å². The van der Waals surface area contributed by atoms with E-state index in [4.69, 9.17) is 27.1 Å². The van der Waals surface area contributed by atoms with Crippen LogP contribution in [-0.4, -0.2) is 85.5 Å². The molecule has 3 unspecified atom stereocenters. The average molecular weight is 566 g/mol. The maximum Gasteiger partial charge on any atom is 0.327 e. The van der Waals surface area contributed by atoms with Crippen molar-refractivity contribution >= 4 is 34.6 Å². The summed E-state index contributed by atoms with van der Waals surface area (Å²) in [4.78, 5) is 24.2. The van der Waals surface area contributed by atoms with Gasteiger partial charge in [-0.15, -0.1) is 0 Å². The molecular weight excluding hydrogens is 525 g/mol. The molecule has 16 heteroatoms.